The van der Waals surface area contributed by atoms with Gasteiger partial charge in [-0.05, 0) is 41.3 Å². The highest BCUT2D eigenvalue weighted by atomic mass is 35.5. The molecule has 0 bridgehead atoms. The fourth-order valence-electron chi connectivity index (χ4n) is 3.08. The van der Waals surface area contributed by atoms with Crippen LogP contribution in [0.25, 0.3) is 11.1 Å². The quantitative estimate of drug-likeness (QED) is 0.436. The zero-order valence-electron chi connectivity index (χ0n) is 15.8. The number of aromatic amines is 1. The fraction of sp³-hybridized carbons (Fsp3) is 0.136. The van der Waals surface area contributed by atoms with Gasteiger partial charge < -0.3 is 20.5 Å². The zero-order chi connectivity index (χ0) is 21.7. The second kappa shape index (κ2) is 9.28. The number of hydrogen-bond acceptors (Lipinski definition) is 3. The Hall–Kier alpha value is -3.58. The van der Waals surface area contributed by atoms with Gasteiger partial charge in [-0.2, -0.15) is 0 Å². The summed E-state index contributed by atoms with van der Waals surface area (Å²) in [4.78, 5) is 37.2. The third-order valence-electron chi connectivity index (χ3n) is 4.52. The summed E-state index contributed by atoms with van der Waals surface area (Å²) in [6.45, 7) is 0. The van der Waals surface area contributed by atoms with Crippen molar-refractivity contribution in [3.05, 3.63) is 82.6 Å². The van der Waals surface area contributed by atoms with Crippen LogP contribution in [0.5, 0.6) is 0 Å². The van der Waals surface area contributed by atoms with Crippen LogP contribution in [-0.2, 0) is 11.2 Å². The number of amides is 1. The van der Waals surface area contributed by atoms with E-state index in [-0.39, 0.29) is 17.7 Å². The summed E-state index contributed by atoms with van der Waals surface area (Å²) in [5.41, 5.74) is 2.79. The third-order valence-corrected chi connectivity index (χ3v) is 4.76. The summed E-state index contributed by atoms with van der Waals surface area (Å²) < 4.78 is 0. The summed E-state index contributed by atoms with van der Waals surface area (Å²) in [6.07, 6.45) is 1.24. The van der Waals surface area contributed by atoms with Crippen LogP contribution in [0.15, 0.2) is 60.8 Å². The lowest BCUT2D eigenvalue weighted by atomic mass is 9.99. The van der Waals surface area contributed by atoms with Crippen molar-refractivity contribution in [3.8, 4) is 11.1 Å². The van der Waals surface area contributed by atoms with Gasteiger partial charge in [-0.15, -0.1) is 0 Å². The zero-order valence-corrected chi connectivity index (χ0v) is 16.5. The largest absolute Gasteiger partial charge is 0.481 e. The molecule has 7 nitrogen and oxygen atoms in total. The first-order valence-corrected chi connectivity index (χ1v) is 9.49. The molecule has 0 fully saturated rings. The summed E-state index contributed by atoms with van der Waals surface area (Å²) in [6, 6.07) is 15.5. The lowest BCUT2D eigenvalue weighted by Gasteiger charge is -2.17. The Morgan fingerprint density at radius 3 is 2.33 bits per heavy atom. The van der Waals surface area contributed by atoms with E-state index in [1.165, 1.54) is 12.3 Å². The Morgan fingerprint density at radius 1 is 1.00 bits per heavy atom. The molecule has 0 saturated carbocycles. The maximum Gasteiger partial charge on any atom is 0.337 e. The van der Waals surface area contributed by atoms with Crippen LogP contribution in [0.3, 0.4) is 0 Å². The van der Waals surface area contributed by atoms with E-state index in [2.05, 4.69) is 10.3 Å². The van der Waals surface area contributed by atoms with Crippen molar-refractivity contribution in [3.63, 3.8) is 0 Å². The van der Waals surface area contributed by atoms with Crippen molar-refractivity contribution in [1.29, 1.82) is 0 Å². The number of nitrogens with one attached hydrogen (secondary N) is 2. The second-order valence-electron chi connectivity index (χ2n) is 6.79. The van der Waals surface area contributed by atoms with Crippen LogP contribution in [0, 0.1) is 0 Å². The molecule has 8 heteroatoms. The van der Waals surface area contributed by atoms with Crippen molar-refractivity contribution < 1.29 is 24.6 Å². The number of rotatable bonds is 8. The smallest absolute Gasteiger partial charge is 0.337 e. The molecule has 30 heavy (non-hydrogen) atoms. The van der Waals surface area contributed by atoms with Gasteiger partial charge in [0.25, 0.3) is 5.91 Å². The lowest BCUT2D eigenvalue weighted by Crippen LogP contribution is -2.38. The number of aliphatic carboxylic acids is 1. The SMILES string of the molecule is O=C(O)C[C@@H](Cc1ccc(-c2cccc(Cl)c2)cc1)NC(=O)c1cc(C(=O)O)c[nH]1. The minimum atomic E-state index is -1.16. The van der Waals surface area contributed by atoms with Crippen LogP contribution < -0.4 is 5.32 Å². The topological polar surface area (TPSA) is 119 Å². The van der Waals surface area contributed by atoms with Gasteiger partial charge >= 0.3 is 11.9 Å². The van der Waals surface area contributed by atoms with Crippen molar-refractivity contribution in [2.24, 2.45) is 0 Å². The number of carboxylic acid groups (broad SMARTS) is 2. The number of carboxylic acids is 2. The molecule has 3 rings (SSSR count). The van der Waals surface area contributed by atoms with E-state index in [9.17, 15) is 19.5 Å². The molecule has 154 valence electrons. The van der Waals surface area contributed by atoms with Crippen molar-refractivity contribution >= 4 is 29.4 Å². The molecular weight excluding hydrogens is 408 g/mol. The molecule has 1 heterocycles. The monoisotopic (exact) mass is 426 g/mol. The summed E-state index contributed by atoms with van der Waals surface area (Å²) in [5, 5.41) is 21.4. The Labute approximate surface area is 177 Å². The molecule has 3 aromatic rings. The van der Waals surface area contributed by atoms with Gasteiger partial charge in [0.15, 0.2) is 0 Å². The minimum absolute atomic E-state index is 0.0495. The number of halogens is 1. The van der Waals surface area contributed by atoms with Crippen LogP contribution in [0.1, 0.15) is 32.8 Å². The van der Waals surface area contributed by atoms with E-state index < -0.39 is 23.9 Å². The van der Waals surface area contributed by atoms with Crippen LogP contribution in [-0.4, -0.2) is 39.1 Å². The predicted molar refractivity (Wildman–Crippen MR) is 112 cm³/mol. The molecule has 0 unspecified atom stereocenters. The molecule has 1 aromatic heterocycles. The molecule has 1 amide bonds. The number of aromatic carboxylic acids is 1. The number of carbonyl (C=O) groups is 3. The normalized spacial score (nSPS) is 11.6. The highest BCUT2D eigenvalue weighted by molar-refractivity contribution is 6.30. The highest BCUT2D eigenvalue weighted by Gasteiger charge is 2.19. The number of aromatic nitrogens is 1. The molecular formula is C22H19ClN2O5. The van der Waals surface area contributed by atoms with Gasteiger partial charge in [0, 0.05) is 17.3 Å². The van der Waals surface area contributed by atoms with Gasteiger partial charge in [0.2, 0.25) is 0 Å². The number of hydrogen-bond donors (Lipinski definition) is 4. The van der Waals surface area contributed by atoms with Gasteiger partial charge in [-0.3, -0.25) is 9.59 Å². The predicted octanol–water partition coefficient (Wildman–Crippen LogP) is 3.85. The molecule has 0 aliphatic rings. The maximum absolute atomic E-state index is 12.4. The average Bonchev–Trinajstić information content (AvgIpc) is 3.19. The van der Waals surface area contributed by atoms with Gasteiger partial charge in [-0.25, -0.2) is 4.79 Å². The summed E-state index contributed by atoms with van der Waals surface area (Å²) in [5.74, 6) is -2.77. The Morgan fingerprint density at radius 2 is 1.73 bits per heavy atom. The van der Waals surface area contributed by atoms with Crippen LogP contribution >= 0.6 is 11.6 Å². The first kappa shape index (κ1) is 21.1. The molecule has 4 N–H and O–H groups in total. The van der Waals surface area contributed by atoms with Crippen molar-refractivity contribution in [2.45, 2.75) is 18.9 Å². The third kappa shape index (κ3) is 5.48. The molecule has 0 spiro atoms. The van der Waals surface area contributed by atoms with E-state index in [1.54, 1.807) is 6.07 Å². The number of H-pyrrole nitrogens is 1. The molecule has 1 atom stereocenters. The second-order valence-corrected chi connectivity index (χ2v) is 7.22. The Kier molecular flexibility index (Phi) is 6.54. The Balaban J connectivity index is 1.71. The molecule has 0 aliphatic carbocycles. The molecule has 0 saturated heterocycles. The van der Waals surface area contributed by atoms with E-state index in [0.29, 0.717) is 11.4 Å². The van der Waals surface area contributed by atoms with Gasteiger partial charge in [-0.1, -0.05) is 48.0 Å². The lowest BCUT2D eigenvalue weighted by molar-refractivity contribution is -0.137. The highest BCUT2D eigenvalue weighted by Crippen LogP contribution is 2.23. The van der Waals surface area contributed by atoms with E-state index in [4.69, 9.17) is 16.7 Å². The molecule has 0 radical (unpaired) electrons. The van der Waals surface area contributed by atoms with E-state index >= 15 is 0 Å². The van der Waals surface area contributed by atoms with Crippen LogP contribution in [0.4, 0.5) is 0 Å². The van der Waals surface area contributed by atoms with E-state index in [1.807, 2.05) is 42.5 Å². The Bertz CT molecular complexity index is 1080. The summed E-state index contributed by atoms with van der Waals surface area (Å²) in [7, 11) is 0. The van der Waals surface area contributed by atoms with Crippen LogP contribution in [0.2, 0.25) is 5.02 Å². The van der Waals surface area contributed by atoms with Gasteiger partial charge in [0.05, 0.1) is 12.0 Å². The summed E-state index contributed by atoms with van der Waals surface area (Å²) >= 11 is 6.03. The maximum atomic E-state index is 12.4. The van der Waals surface area contributed by atoms with Gasteiger partial charge in [0.1, 0.15) is 5.69 Å². The van der Waals surface area contributed by atoms with Crippen molar-refractivity contribution in [1.82, 2.24) is 10.3 Å². The first-order valence-electron chi connectivity index (χ1n) is 9.11. The molecule has 0 aliphatic heterocycles. The first-order chi connectivity index (χ1) is 14.3. The number of benzene rings is 2. The van der Waals surface area contributed by atoms with Crippen molar-refractivity contribution in [2.75, 3.05) is 0 Å². The number of carbonyl (C=O) groups excluding carboxylic acids is 1. The molecule has 2 aromatic carbocycles. The average molecular weight is 427 g/mol. The standard InChI is InChI=1S/C22H19ClN2O5/c23-17-3-1-2-15(9-17)14-6-4-13(5-7-14)8-18(11-20(26)27)25-21(28)19-10-16(12-24-19)22(29)30/h1-7,9-10,12,18,24H,8,11H2,(H,25,28)(H,26,27)(H,29,30)/t18-/m1/s1. The minimum Gasteiger partial charge on any atom is -0.481 e. The van der Waals surface area contributed by atoms with E-state index in [0.717, 1.165) is 16.7 Å². The fourth-order valence-corrected chi connectivity index (χ4v) is 3.27.